The van der Waals surface area contributed by atoms with E-state index in [1.54, 1.807) is 24.9 Å². The molecule has 150 valence electrons. The molecular weight excluding hydrogens is 422 g/mol. The summed E-state index contributed by atoms with van der Waals surface area (Å²) in [5.41, 5.74) is -0.164. The maximum absolute atomic E-state index is 12.4. The molecule has 0 radical (unpaired) electrons. The highest BCUT2D eigenvalue weighted by molar-refractivity contribution is 7.99. The van der Waals surface area contributed by atoms with Gasteiger partial charge in [0.15, 0.2) is 11.4 Å². The number of hydrogen-bond acceptors (Lipinski definition) is 6. The first-order chi connectivity index (χ1) is 13.2. The summed E-state index contributed by atoms with van der Waals surface area (Å²) >= 11 is 7.68. The fourth-order valence-corrected chi connectivity index (χ4v) is 6.24. The van der Waals surface area contributed by atoms with Crippen molar-refractivity contribution in [2.24, 2.45) is 9.63 Å². The maximum Gasteiger partial charge on any atom is 0.300 e. The van der Waals surface area contributed by atoms with Gasteiger partial charge in [0.1, 0.15) is 10.8 Å². The number of methoxy groups -OCH3 is 1. The van der Waals surface area contributed by atoms with E-state index < -0.39 is 15.7 Å². The molecule has 28 heavy (non-hydrogen) atoms. The molecule has 0 amide bonds. The van der Waals surface area contributed by atoms with Gasteiger partial charge in [0.05, 0.1) is 24.9 Å². The molecule has 2 atom stereocenters. The highest BCUT2D eigenvalue weighted by Gasteiger charge is 2.56. The highest BCUT2D eigenvalue weighted by atomic mass is 35.5. The Hall–Kier alpha value is -1.65. The van der Waals surface area contributed by atoms with Crippen LogP contribution in [0.1, 0.15) is 5.56 Å². The van der Waals surface area contributed by atoms with Crippen molar-refractivity contribution in [1.82, 2.24) is 4.48 Å². The minimum atomic E-state index is -4.06. The number of para-hydroxylation sites is 2. The number of benzene rings is 2. The Morgan fingerprint density at radius 2 is 2.00 bits per heavy atom. The van der Waals surface area contributed by atoms with E-state index in [1.165, 1.54) is 19.2 Å². The van der Waals surface area contributed by atoms with Gasteiger partial charge in [-0.25, -0.2) is 4.48 Å². The second-order valence-corrected chi connectivity index (χ2v) is 9.47. The number of rotatable bonds is 5. The number of halogens is 1. The van der Waals surface area contributed by atoms with Crippen molar-refractivity contribution in [2.45, 2.75) is 10.6 Å². The fourth-order valence-electron chi connectivity index (χ4n) is 3.40. The summed E-state index contributed by atoms with van der Waals surface area (Å²) in [6, 6.07) is 12.0. The monoisotopic (exact) mass is 442 g/mol. The Balaban J connectivity index is 2.20. The zero-order chi connectivity index (χ0) is 20.6. The van der Waals surface area contributed by atoms with E-state index in [1.807, 2.05) is 31.3 Å². The second kappa shape index (κ2) is 7.64. The lowest BCUT2D eigenvalue weighted by Crippen LogP contribution is -2.58. The van der Waals surface area contributed by atoms with Crippen LogP contribution in [0.25, 0.3) is 0 Å². The predicted octanol–water partition coefficient (Wildman–Crippen LogP) is 3.61. The van der Waals surface area contributed by atoms with Crippen LogP contribution in [0.4, 0.5) is 5.69 Å². The standard InChI is InChI=1S/C18H21ClN3O4S2/c1-20-21-28(24,25)17-10-13(8-9-14(17)19)18(23)11-27-12-22(18,2)15-6-4-5-7-16(15)26-3/h4-10,23H,11-12H2,1-3H3/q+1. The van der Waals surface area contributed by atoms with Crippen molar-refractivity contribution in [1.29, 1.82) is 0 Å². The number of thioether (sulfide) groups is 1. The van der Waals surface area contributed by atoms with Crippen LogP contribution in [0.15, 0.2) is 57.0 Å². The molecule has 0 aromatic heterocycles. The molecule has 0 saturated carbocycles. The quantitative estimate of drug-likeness (QED) is 0.564. The molecule has 2 aromatic rings. The lowest BCUT2D eigenvalue weighted by Gasteiger charge is -2.41. The number of quaternary nitrogens is 1. The van der Waals surface area contributed by atoms with Gasteiger partial charge in [-0.3, -0.25) is 0 Å². The largest absolute Gasteiger partial charge is 0.491 e. The molecule has 1 fully saturated rings. The SMILES string of the molecule is CN=NS(=O)(=O)c1cc(C2(O)CSC[N+]2(C)c2ccccc2OC)ccc1Cl. The van der Waals surface area contributed by atoms with Gasteiger partial charge >= 0.3 is 10.0 Å². The smallest absolute Gasteiger partial charge is 0.300 e. The first-order valence-electron chi connectivity index (χ1n) is 8.35. The Morgan fingerprint density at radius 1 is 1.29 bits per heavy atom. The van der Waals surface area contributed by atoms with Crippen molar-refractivity contribution in [3.63, 3.8) is 0 Å². The van der Waals surface area contributed by atoms with E-state index in [-0.39, 0.29) is 14.4 Å². The third-order valence-electron chi connectivity index (χ3n) is 4.95. The van der Waals surface area contributed by atoms with Crippen molar-refractivity contribution in [3.8, 4) is 5.75 Å². The van der Waals surface area contributed by atoms with Crippen molar-refractivity contribution >= 4 is 39.1 Å². The molecule has 2 unspecified atom stereocenters. The number of ether oxygens (including phenoxy) is 1. The molecule has 0 spiro atoms. The predicted molar refractivity (Wildman–Crippen MR) is 111 cm³/mol. The van der Waals surface area contributed by atoms with Gasteiger partial charge in [-0.1, -0.05) is 40.0 Å². The molecule has 1 saturated heterocycles. The lowest BCUT2D eigenvalue weighted by molar-refractivity contribution is -0.0577. The first-order valence-corrected chi connectivity index (χ1v) is 11.3. The average Bonchev–Trinajstić information content (AvgIpc) is 2.98. The van der Waals surface area contributed by atoms with E-state index in [4.69, 9.17) is 16.3 Å². The van der Waals surface area contributed by atoms with Gasteiger partial charge in [-0.05, 0) is 24.3 Å². The van der Waals surface area contributed by atoms with Crippen LogP contribution in [0.3, 0.4) is 0 Å². The molecule has 0 bridgehead atoms. The summed E-state index contributed by atoms with van der Waals surface area (Å²) in [4.78, 5) is -0.186. The lowest BCUT2D eigenvalue weighted by atomic mass is 9.99. The number of nitrogens with zero attached hydrogens (tertiary/aromatic N) is 3. The van der Waals surface area contributed by atoms with Crippen molar-refractivity contribution in [2.75, 3.05) is 32.8 Å². The Kier molecular flexibility index (Phi) is 5.75. The molecule has 0 aliphatic carbocycles. The Labute approximate surface area is 173 Å². The van der Waals surface area contributed by atoms with Crippen LogP contribution in [0, 0.1) is 0 Å². The van der Waals surface area contributed by atoms with Crippen LogP contribution in [0.5, 0.6) is 5.75 Å². The summed E-state index contributed by atoms with van der Waals surface area (Å²) < 4.78 is 33.7. The molecule has 1 heterocycles. The van der Waals surface area contributed by atoms with Crippen molar-refractivity contribution in [3.05, 3.63) is 53.1 Å². The van der Waals surface area contributed by atoms with Crippen LogP contribution in [-0.4, -0.2) is 46.4 Å². The molecule has 1 aliphatic heterocycles. The molecule has 10 heteroatoms. The van der Waals surface area contributed by atoms with Crippen LogP contribution in [-0.2, 0) is 15.7 Å². The number of sulfonamides is 1. The molecule has 1 aliphatic rings. The normalized spacial score (nSPS) is 25.3. The average molecular weight is 443 g/mol. The van der Waals surface area contributed by atoms with Gasteiger partial charge in [0, 0.05) is 18.7 Å². The summed E-state index contributed by atoms with van der Waals surface area (Å²) in [7, 11) is 0.687. The molecular formula is C18H21ClN3O4S2+. The van der Waals surface area contributed by atoms with Gasteiger partial charge in [-0.2, -0.15) is 13.5 Å². The molecule has 1 N–H and O–H groups in total. The molecule has 2 aromatic carbocycles. The minimum absolute atomic E-state index is 0.0249. The van der Waals surface area contributed by atoms with E-state index in [2.05, 4.69) is 9.63 Å². The Morgan fingerprint density at radius 3 is 2.68 bits per heavy atom. The fraction of sp³-hybridized carbons (Fsp3) is 0.333. The summed E-state index contributed by atoms with van der Waals surface area (Å²) in [5, 5.41) is 15.2. The number of aliphatic hydroxyl groups is 1. The number of hydrogen-bond donors (Lipinski definition) is 1. The zero-order valence-corrected chi connectivity index (χ0v) is 18.1. The van der Waals surface area contributed by atoms with E-state index in [0.29, 0.717) is 22.9 Å². The third-order valence-corrected chi connectivity index (χ3v) is 7.97. The summed E-state index contributed by atoms with van der Waals surface area (Å²) in [6.45, 7) is 0. The summed E-state index contributed by atoms with van der Waals surface area (Å²) in [5.74, 6) is 1.60. The third kappa shape index (κ3) is 3.31. The second-order valence-electron chi connectivity index (χ2n) is 6.56. The van der Waals surface area contributed by atoms with Crippen LogP contribution in [0.2, 0.25) is 5.02 Å². The van der Waals surface area contributed by atoms with Crippen LogP contribution < -0.4 is 9.22 Å². The maximum atomic E-state index is 12.4. The zero-order valence-electron chi connectivity index (χ0n) is 15.7. The van der Waals surface area contributed by atoms with Gasteiger partial charge in [0.2, 0.25) is 5.72 Å². The van der Waals surface area contributed by atoms with Gasteiger partial charge in [0.25, 0.3) is 0 Å². The topological polar surface area (TPSA) is 88.3 Å². The minimum Gasteiger partial charge on any atom is -0.491 e. The van der Waals surface area contributed by atoms with Crippen LogP contribution >= 0.6 is 23.4 Å². The molecule has 3 rings (SSSR count). The first kappa shape index (κ1) is 21.1. The van der Waals surface area contributed by atoms with Gasteiger partial charge in [-0.15, -0.1) is 0 Å². The molecule has 7 nitrogen and oxygen atoms in total. The van der Waals surface area contributed by atoms with E-state index in [9.17, 15) is 13.5 Å². The van der Waals surface area contributed by atoms with E-state index in [0.717, 1.165) is 5.69 Å². The van der Waals surface area contributed by atoms with E-state index >= 15 is 0 Å². The van der Waals surface area contributed by atoms with Crippen molar-refractivity contribution < 1.29 is 18.3 Å². The Bertz CT molecular complexity index is 1030. The van der Waals surface area contributed by atoms with Gasteiger partial charge < -0.3 is 9.84 Å². The highest BCUT2D eigenvalue weighted by Crippen LogP contribution is 2.49. The summed E-state index contributed by atoms with van der Waals surface area (Å²) in [6.07, 6.45) is 0.